The molecule has 0 bridgehead atoms. The van der Waals surface area contributed by atoms with Crippen molar-refractivity contribution in [3.05, 3.63) is 45.2 Å². The van der Waals surface area contributed by atoms with Gasteiger partial charge in [-0.15, -0.1) is 0 Å². The van der Waals surface area contributed by atoms with Crippen molar-refractivity contribution in [1.29, 1.82) is 0 Å². The molecule has 1 N–H and O–H groups in total. The Bertz CT molecular complexity index is 1130. The van der Waals surface area contributed by atoms with E-state index in [-0.39, 0.29) is 11.5 Å². The number of thiocarbonyl (C=S) groups is 1. The number of aromatic nitrogens is 2. The lowest BCUT2D eigenvalue weighted by Gasteiger charge is -2.26. The number of hydrogen-bond donors (Lipinski definition) is 1. The number of nitrogens with zero attached hydrogens (tertiary/aromatic N) is 4. The molecule has 4 rings (SSSR count). The summed E-state index contributed by atoms with van der Waals surface area (Å²) in [6.07, 6.45) is 4.89. The average Bonchev–Trinajstić information content (AvgIpc) is 3.12. The third-order valence-corrected chi connectivity index (χ3v) is 7.07. The van der Waals surface area contributed by atoms with Crippen LogP contribution < -0.4 is 10.9 Å². The zero-order valence-electron chi connectivity index (χ0n) is 19.2. The van der Waals surface area contributed by atoms with Crippen molar-refractivity contribution in [2.75, 3.05) is 65.0 Å². The third kappa shape index (κ3) is 5.84. The first-order valence-electron chi connectivity index (χ1n) is 11.4. The number of thioether (sulfide) groups is 1. The number of pyridine rings is 1. The number of carbonyl (C=O) groups excluding carboxylic acids is 1. The number of methoxy groups -OCH3 is 1. The summed E-state index contributed by atoms with van der Waals surface area (Å²) in [5.41, 5.74) is 0.672. The van der Waals surface area contributed by atoms with Crippen molar-refractivity contribution in [1.82, 2.24) is 19.2 Å². The standard InChI is InChI=1S/C23H29N5O4S2/c1-31-13-5-10-28-22(30)18(34-23(28)33)16-17-20(24-7-4-8-26-11-14-32-15-12-26)25-19-6-2-3-9-27(19)21(17)29/h2-3,6,9,16,24H,4-5,7-8,10-15H2,1H3/b18-16-. The second kappa shape index (κ2) is 11.9. The van der Waals surface area contributed by atoms with Crippen molar-refractivity contribution >= 4 is 51.7 Å². The van der Waals surface area contributed by atoms with Crippen LogP contribution in [0.25, 0.3) is 11.7 Å². The Morgan fingerprint density at radius 1 is 1.24 bits per heavy atom. The van der Waals surface area contributed by atoms with Gasteiger partial charge >= 0.3 is 0 Å². The van der Waals surface area contributed by atoms with Crippen molar-refractivity contribution in [3.63, 3.8) is 0 Å². The second-order valence-corrected chi connectivity index (χ2v) is 9.70. The number of carbonyl (C=O) groups is 1. The molecule has 2 aliphatic heterocycles. The molecule has 0 aromatic carbocycles. The van der Waals surface area contributed by atoms with E-state index in [1.165, 1.54) is 16.2 Å². The molecule has 2 aromatic heterocycles. The van der Waals surface area contributed by atoms with Crippen LogP contribution >= 0.6 is 24.0 Å². The molecule has 0 atom stereocenters. The highest BCUT2D eigenvalue weighted by atomic mass is 32.2. The van der Waals surface area contributed by atoms with E-state index in [2.05, 4.69) is 15.2 Å². The molecule has 2 aliphatic rings. The minimum Gasteiger partial charge on any atom is -0.385 e. The predicted octanol–water partition coefficient (Wildman–Crippen LogP) is 2.07. The Morgan fingerprint density at radius 2 is 2.06 bits per heavy atom. The van der Waals surface area contributed by atoms with Gasteiger partial charge in [0.25, 0.3) is 11.5 Å². The summed E-state index contributed by atoms with van der Waals surface area (Å²) < 4.78 is 12.5. The quantitative estimate of drug-likeness (QED) is 0.297. The van der Waals surface area contributed by atoms with Gasteiger partial charge in [-0.1, -0.05) is 30.0 Å². The molecule has 2 fully saturated rings. The molecule has 0 radical (unpaired) electrons. The van der Waals surface area contributed by atoms with Crippen LogP contribution in [0.1, 0.15) is 18.4 Å². The minimum atomic E-state index is -0.231. The highest BCUT2D eigenvalue weighted by Crippen LogP contribution is 2.33. The van der Waals surface area contributed by atoms with Gasteiger partial charge < -0.3 is 14.8 Å². The first-order valence-corrected chi connectivity index (χ1v) is 12.6. The Hall–Kier alpha value is -2.31. The second-order valence-electron chi connectivity index (χ2n) is 8.02. The number of amides is 1. The molecule has 9 nitrogen and oxygen atoms in total. The number of rotatable bonds is 10. The van der Waals surface area contributed by atoms with Gasteiger partial charge in [0.05, 0.1) is 23.7 Å². The van der Waals surface area contributed by atoms with E-state index < -0.39 is 0 Å². The lowest BCUT2D eigenvalue weighted by Crippen LogP contribution is -2.37. The number of anilines is 1. The smallest absolute Gasteiger partial charge is 0.267 e. The molecule has 4 heterocycles. The summed E-state index contributed by atoms with van der Waals surface area (Å²) in [6, 6.07) is 5.42. The van der Waals surface area contributed by atoms with Crippen LogP contribution in [0.4, 0.5) is 5.82 Å². The lowest BCUT2D eigenvalue weighted by atomic mass is 10.2. The third-order valence-electron chi connectivity index (χ3n) is 5.70. The highest BCUT2D eigenvalue weighted by Gasteiger charge is 2.32. The van der Waals surface area contributed by atoms with Crippen LogP contribution in [-0.2, 0) is 14.3 Å². The van der Waals surface area contributed by atoms with Crippen molar-refractivity contribution in [2.45, 2.75) is 12.8 Å². The molecule has 2 saturated heterocycles. The largest absolute Gasteiger partial charge is 0.385 e. The van der Waals surface area contributed by atoms with Gasteiger partial charge in [0.2, 0.25) is 0 Å². The Labute approximate surface area is 208 Å². The Balaban J connectivity index is 1.55. The highest BCUT2D eigenvalue weighted by molar-refractivity contribution is 8.26. The summed E-state index contributed by atoms with van der Waals surface area (Å²) in [5.74, 6) is 0.282. The van der Waals surface area contributed by atoms with Crippen molar-refractivity contribution in [3.8, 4) is 0 Å². The van der Waals surface area contributed by atoms with E-state index in [1.807, 2.05) is 6.07 Å². The van der Waals surface area contributed by atoms with E-state index in [0.717, 1.165) is 39.3 Å². The first kappa shape index (κ1) is 24.8. The lowest BCUT2D eigenvalue weighted by molar-refractivity contribution is -0.122. The summed E-state index contributed by atoms with van der Waals surface area (Å²) in [6.45, 7) is 6.04. The van der Waals surface area contributed by atoms with Crippen LogP contribution in [0.2, 0.25) is 0 Å². The van der Waals surface area contributed by atoms with Crippen LogP contribution in [0, 0.1) is 0 Å². The number of hydrogen-bond acceptors (Lipinski definition) is 9. The SMILES string of the molecule is COCCCN1C(=O)/C(=C/c2c(NCCCN3CCOCC3)nc3ccccn3c2=O)SC1=S. The Kier molecular flexibility index (Phi) is 8.68. The molecule has 34 heavy (non-hydrogen) atoms. The maximum absolute atomic E-state index is 13.3. The monoisotopic (exact) mass is 503 g/mol. The molecular weight excluding hydrogens is 474 g/mol. The normalized spacial score (nSPS) is 18.4. The van der Waals surface area contributed by atoms with Gasteiger partial charge in [-0.3, -0.25) is 23.8 Å². The average molecular weight is 504 g/mol. The zero-order valence-corrected chi connectivity index (χ0v) is 20.8. The predicted molar refractivity (Wildman–Crippen MR) is 138 cm³/mol. The number of fused-ring (bicyclic) bond motifs is 1. The number of morpholine rings is 1. The molecule has 0 saturated carbocycles. The van der Waals surface area contributed by atoms with Crippen molar-refractivity contribution in [2.24, 2.45) is 0 Å². The summed E-state index contributed by atoms with van der Waals surface area (Å²) in [7, 11) is 1.62. The molecule has 2 aromatic rings. The van der Waals surface area contributed by atoms with Crippen LogP contribution in [0.15, 0.2) is 34.1 Å². The molecule has 0 unspecified atom stereocenters. The first-order chi connectivity index (χ1) is 16.6. The summed E-state index contributed by atoms with van der Waals surface area (Å²) in [4.78, 5) is 35.3. The maximum Gasteiger partial charge on any atom is 0.267 e. The number of ether oxygens (including phenoxy) is 2. The van der Waals surface area contributed by atoms with Crippen LogP contribution in [0.5, 0.6) is 0 Å². The van der Waals surface area contributed by atoms with Gasteiger partial charge in [0.15, 0.2) is 0 Å². The molecule has 0 spiro atoms. The minimum absolute atomic E-state index is 0.193. The molecular formula is C23H29N5O4S2. The fourth-order valence-corrected chi connectivity index (χ4v) is 5.18. The van der Waals surface area contributed by atoms with E-state index in [9.17, 15) is 9.59 Å². The topological polar surface area (TPSA) is 88.4 Å². The van der Waals surface area contributed by atoms with Crippen molar-refractivity contribution < 1.29 is 14.3 Å². The van der Waals surface area contributed by atoms with E-state index in [4.69, 9.17) is 21.7 Å². The van der Waals surface area contributed by atoms with E-state index in [1.54, 1.807) is 36.4 Å². The van der Waals surface area contributed by atoms with Crippen LogP contribution in [0.3, 0.4) is 0 Å². The summed E-state index contributed by atoms with van der Waals surface area (Å²) >= 11 is 6.62. The van der Waals surface area contributed by atoms with Gasteiger partial charge in [-0.2, -0.15) is 0 Å². The number of nitrogens with one attached hydrogen (secondary N) is 1. The van der Waals surface area contributed by atoms with Gasteiger partial charge in [0.1, 0.15) is 15.8 Å². The molecule has 0 aliphatic carbocycles. The van der Waals surface area contributed by atoms with Gasteiger partial charge in [-0.25, -0.2) is 4.98 Å². The molecule has 1 amide bonds. The fraction of sp³-hybridized carbons (Fsp3) is 0.478. The van der Waals surface area contributed by atoms with Crippen LogP contribution in [-0.4, -0.2) is 89.1 Å². The fourth-order valence-electron chi connectivity index (χ4n) is 3.89. The van der Waals surface area contributed by atoms with Gasteiger partial charge in [0, 0.05) is 46.1 Å². The molecule has 182 valence electrons. The molecule has 11 heteroatoms. The van der Waals surface area contributed by atoms with E-state index >= 15 is 0 Å². The van der Waals surface area contributed by atoms with E-state index in [0.29, 0.717) is 52.4 Å². The zero-order chi connectivity index (χ0) is 23.9. The summed E-state index contributed by atoms with van der Waals surface area (Å²) in [5, 5.41) is 3.33. The maximum atomic E-state index is 13.3. The van der Waals surface area contributed by atoms with Gasteiger partial charge in [-0.05, 0) is 37.6 Å². The Morgan fingerprint density at radius 3 is 2.85 bits per heavy atom.